The highest BCUT2D eigenvalue weighted by molar-refractivity contribution is 5.67. The van der Waals surface area contributed by atoms with Crippen molar-refractivity contribution in [3.8, 4) is 0 Å². The largest absolute Gasteiger partial charge is 0.465 e. The fourth-order valence-corrected chi connectivity index (χ4v) is 1.59. The second-order valence-corrected chi connectivity index (χ2v) is 3.68. The summed E-state index contributed by atoms with van der Waals surface area (Å²) in [7, 11) is 0. The minimum absolute atomic E-state index is 0.178. The van der Waals surface area contributed by atoms with Crippen LogP contribution in [0.2, 0.25) is 0 Å². The Labute approximate surface area is 89.2 Å². The molecular formula is C11H16O4. The van der Waals surface area contributed by atoms with Crippen molar-refractivity contribution in [1.29, 1.82) is 0 Å². The van der Waals surface area contributed by atoms with Crippen LogP contribution in [0.5, 0.6) is 0 Å². The normalized spacial score (nSPS) is 20.4. The van der Waals surface area contributed by atoms with Crippen LogP contribution in [-0.4, -0.2) is 18.5 Å². The lowest BCUT2D eigenvalue weighted by molar-refractivity contribution is -0.142. The van der Waals surface area contributed by atoms with E-state index in [-0.39, 0.29) is 17.9 Å². The third-order valence-electron chi connectivity index (χ3n) is 2.20. The predicted molar refractivity (Wildman–Crippen MR) is 53.8 cm³/mol. The number of ether oxygens (including phenoxy) is 2. The Morgan fingerprint density at radius 2 is 2.13 bits per heavy atom. The molecule has 1 aliphatic carbocycles. The van der Waals surface area contributed by atoms with Crippen LogP contribution >= 0.6 is 0 Å². The summed E-state index contributed by atoms with van der Waals surface area (Å²) in [5, 5.41) is 0. The summed E-state index contributed by atoms with van der Waals surface area (Å²) in [6.45, 7) is 3.15. The van der Waals surface area contributed by atoms with Gasteiger partial charge in [0, 0.05) is 26.2 Å². The highest BCUT2D eigenvalue weighted by atomic mass is 16.5. The fraction of sp³-hybridized carbons (Fsp3) is 0.636. The smallest absolute Gasteiger partial charge is 0.307 e. The molecule has 0 aliphatic heterocycles. The van der Waals surface area contributed by atoms with Gasteiger partial charge in [0.1, 0.15) is 5.76 Å². The van der Waals surface area contributed by atoms with E-state index in [2.05, 4.69) is 0 Å². The third-order valence-corrected chi connectivity index (χ3v) is 2.20. The van der Waals surface area contributed by atoms with Crippen LogP contribution in [0.4, 0.5) is 0 Å². The molecule has 0 spiro atoms. The molecule has 0 saturated heterocycles. The standard InChI is InChI=1S/C11H16O4/c1-8(12)14-7-10-4-3-5-11(6-10)15-9(2)13/h6,10H,3-5,7H2,1-2H3. The summed E-state index contributed by atoms with van der Waals surface area (Å²) in [6, 6.07) is 0. The van der Waals surface area contributed by atoms with Crippen molar-refractivity contribution < 1.29 is 19.1 Å². The first kappa shape index (κ1) is 11.8. The summed E-state index contributed by atoms with van der Waals surface area (Å²) in [6.07, 6.45) is 4.60. The van der Waals surface area contributed by atoms with Crippen LogP contribution in [0.25, 0.3) is 0 Å². The molecule has 0 radical (unpaired) electrons. The first-order valence-corrected chi connectivity index (χ1v) is 5.10. The SMILES string of the molecule is CC(=O)OCC1C=C(OC(C)=O)CCC1. The Morgan fingerprint density at radius 1 is 1.40 bits per heavy atom. The number of carbonyl (C=O) groups is 2. The zero-order valence-corrected chi connectivity index (χ0v) is 9.12. The Kier molecular flexibility index (Phi) is 4.34. The van der Waals surface area contributed by atoms with Crippen molar-refractivity contribution in [2.45, 2.75) is 33.1 Å². The topological polar surface area (TPSA) is 52.6 Å². The summed E-state index contributed by atoms with van der Waals surface area (Å²) >= 11 is 0. The molecular weight excluding hydrogens is 196 g/mol. The van der Waals surface area contributed by atoms with Gasteiger partial charge in [-0.1, -0.05) is 0 Å². The van der Waals surface area contributed by atoms with Crippen LogP contribution in [0.1, 0.15) is 33.1 Å². The summed E-state index contributed by atoms with van der Waals surface area (Å²) < 4.78 is 9.92. The fourth-order valence-electron chi connectivity index (χ4n) is 1.59. The number of hydrogen-bond donors (Lipinski definition) is 0. The van der Waals surface area contributed by atoms with Gasteiger partial charge in [0.05, 0.1) is 6.61 Å². The molecule has 0 aromatic carbocycles. The Morgan fingerprint density at radius 3 is 2.73 bits per heavy atom. The maximum absolute atomic E-state index is 10.7. The maximum Gasteiger partial charge on any atom is 0.307 e. The molecule has 1 aliphatic rings. The second kappa shape index (κ2) is 5.53. The van der Waals surface area contributed by atoms with Crippen molar-refractivity contribution in [3.05, 3.63) is 11.8 Å². The molecule has 0 aromatic heterocycles. The van der Waals surface area contributed by atoms with Gasteiger partial charge in [0.2, 0.25) is 0 Å². The van der Waals surface area contributed by atoms with E-state index in [0.29, 0.717) is 12.4 Å². The lowest BCUT2D eigenvalue weighted by Crippen LogP contribution is -2.15. The van der Waals surface area contributed by atoms with Gasteiger partial charge in [-0.05, 0) is 18.9 Å². The zero-order chi connectivity index (χ0) is 11.3. The molecule has 4 heteroatoms. The minimum Gasteiger partial charge on any atom is -0.465 e. The van der Waals surface area contributed by atoms with Crippen molar-refractivity contribution in [2.24, 2.45) is 5.92 Å². The van der Waals surface area contributed by atoms with Crippen molar-refractivity contribution >= 4 is 11.9 Å². The van der Waals surface area contributed by atoms with Crippen molar-refractivity contribution in [3.63, 3.8) is 0 Å². The molecule has 0 amide bonds. The molecule has 0 aromatic rings. The van der Waals surface area contributed by atoms with Crippen molar-refractivity contribution in [1.82, 2.24) is 0 Å². The molecule has 0 heterocycles. The molecule has 1 rings (SSSR count). The summed E-state index contributed by atoms with van der Waals surface area (Å²) in [5.41, 5.74) is 0. The Hall–Kier alpha value is -1.32. The predicted octanol–water partition coefficient (Wildman–Crippen LogP) is 1.80. The van der Waals surface area contributed by atoms with E-state index in [1.54, 1.807) is 0 Å². The van der Waals surface area contributed by atoms with Gasteiger partial charge in [-0.15, -0.1) is 0 Å². The van der Waals surface area contributed by atoms with E-state index in [0.717, 1.165) is 19.3 Å². The summed E-state index contributed by atoms with van der Waals surface area (Å²) in [5.74, 6) is 0.306. The molecule has 0 bridgehead atoms. The lowest BCUT2D eigenvalue weighted by Gasteiger charge is -2.19. The van der Waals surface area contributed by atoms with Gasteiger partial charge in [-0.25, -0.2) is 0 Å². The van der Waals surface area contributed by atoms with Gasteiger partial charge in [0.25, 0.3) is 0 Å². The molecule has 0 fully saturated rings. The second-order valence-electron chi connectivity index (χ2n) is 3.68. The highest BCUT2D eigenvalue weighted by Gasteiger charge is 2.16. The molecule has 0 saturated carbocycles. The Bertz CT molecular complexity index is 280. The summed E-state index contributed by atoms with van der Waals surface area (Å²) in [4.78, 5) is 21.4. The van der Waals surface area contributed by atoms with E-state index in [9.17, 15) is 9.59 Å². The van der Waals surface area contributed by atoms with E-state index >= 15 is 0 Å². The van der Waals surface area contributed by atoms with E-state index in [1.165, 1.54) is 13.8 Å². The molecule has 4 nitrogen and oxygen atoms in total. The third kappa shape index (κ3) is 4.63. The monoisotopic (exact) mass is 212 g/mol. The van der Waals surface area contributed by atoms with E-state index in [4.69, 9.17) is 9.47 Å². The molecule has 84 valence electrons. The number of allylic oxidation sites excluding steroid dienone is 1. The van der Waals surface area contributed by atoms with Crippen LogP contribution in [0.15, 0.2) is 11.8 Å². The van der Waals surface area contributed by atoms with Crippen LogP contribution in [0.3, 0.4) is 0 Å². The quantitative estimate of drug-likeness (QED) is 0.669. The van der Waals surface area contributed by atoms with Crippen LogP contribution in [0, 0.1) is 5.92 Å². The van der Waals surface area contributed by atoms with Gasteiger partial charge in [0.15, 0.2) is 0 Å². The van der Waals surface area contributed by atoms with Crippen LogP contribution in [-0.2, 0) is 19.1 Å². The number of esters is 2. The van der Waals surface area contributed by atoms with Gasteiger partial charge in [-0.3, -0.25) is 9.59 Å². The number of rotatable bonds is 3. The number of carbonyl (C=O) groups excluding carboxylic acids is 2. The van der Waals surface area contributed by atoms with Gasteiger partial charge < -0.3 is 9.47 Å². The average Bonchev–Trinajstić information content (AvgIpc) is 2.14. The average molecular weight is 212 g/mol. The van der Waals surface area contributed by atoms with Gasteiger partial charge in [-0.2, -0.15) is 0 Å². The first-order chi connectivity index (χ1) is 7.08. The van der Waals surface area contributed by atoms with Crippen molar-refractivity contribution in [2.75, 3.05) is 6.61 Å². The molecule has 1 unspecified atom stereocenters. The number of hydrogen-bond acceptors (Lipinski definition) is 4. The minimum atomic E-state index is -0.297. The molecule has 0 N–H and O–H groups in total. The van der Waals surface area contributed by atoms with Gasteiger partial charge >= 0.3 is 11.9 Å². The maximum atomic E-state index is 10.7. The lowest BCUT2D eigenvalue weighted by atomic mass is 9.95. The van der Waals surface area contributed by atoms with E-state index < -0.39 is 0 Å². The zero-order valence-electron chi connectivity index (χ0n) is 9.12. The van der Waals surface area contributed by atoms with Crippen LogP contribution < -0.4 is 0 Å². The first-order valence-electron chi connectivity index (χ1n) is 5.10. The highest BCUT2D eigenvalue weighted by Crippen LogP contribution is 2.23. The molecule has 1 atom stereocenters. The molecule has 15 heavy (non-hydrogen) atoms. The Balaban J connectivity index is 2.45. The van der Waals surface area contributed by atoms with E-state index in [1.807, 2.05) is 6.08 Å².